The number of anilines is 1. The summed E-state index contributed by atoms with van der Waals surface area (Å²) in [7, 11) is 0. The molecule has 4 aromatic carbocycles. The lowest BCUT2D eigenvalue weighted by atomic mass is 9.87. The zero-order chi connectivity index (χ0) is 35.6. The minimum Gasteiger partial charge on any atom is -0.493 e. The molecule has 10 nitrogen and oxygen atoms in total. The number of amides is 2. The number of halogens is 2. The van der Waals surface area contributed by atoms with E-state index in [1.54, 1.807) is 9.80 Å². The van der Waals surface area contributed by atoms with Crippen LogP contribution in [0.4, 0.5) is 19.3 Å². The van der Waals surface area contributed by atoms with Gasteiger partial charge in [0.25, 0.3) is 5.91 Å². The first-order valence-corrected chi connectivity index (χ1v) is 17.0. The van der Waals surface area contributed by atoms with Crippen LogP contribution in [-0.2, 0) is 27.5 Å². The lowest BCUT2D eigenvalue weighted by molar-refractivity contribution is -0.121. The Morgan fingerprint density at radius 1 is 0.902 bits per heavy atom. The van der Waals surface area contributed by atoms with E-state index in [0.717, 1.165) is 34.9 Å². The maximum atomic E-state index is 13.8. The third-order valence-electron chi connectivity index (χ3n) is 8.82. The standard InChI is InChI=1S/C39H41F2N3O7/c40-30-10-13-33(41)36(22-30)48-20-4-19-47-31-11-8-29(9-12-31)32-15-17-43(39(46)51-24-27-5-2-1-3-6-27)23-37(32)49-25-28-7-14-35-34(21-28)44(18-16-42)38(45)26-50-35/h1-3,5-14,21-22,32,37H,4,15-20,23-26,42H2. The van der Waals surface area contributed by atoms with Crippen LogP contribution in [0.5, 0.6) is 17.2 Å². The highest BCUT2D eigenvalue weighted by atomic mass is 19.1. The Hall–Kier alpha value is -5.20. The van der Waals surface area contributed by atoms with Gasteiger partial charge in [-0.1, -0.05) is 48.5 Å². The van der Waals surface area contributed by atoms with Crippen LogP contribution in [0.25, 0.3) is 0 Å². The number of hydrogen-bond donors (Lipinski definition) is 1. The van der Waals surface area contributed by atoms with Crippen LogP contribution in [-0.4, -0.2) is 69.0 Å². The van der Waals surface area contributed by atoms with Gasteiger partial charge in [-0.25, -0.2) is 13.6 Å². The molecule has 268 valence electrons. The smallest absolute Gasteiger partial charge is 0.410 e. The molecule has 2 N–H and O–H groups in total. The number of carbonyl (C=O) groups excluding carboxylic acids is 2. The fraction of sp³-hybridized carbons (Fsp3) is 0.333. The minimum atomic E-state index is -0.618. The quantitative estimate of drug-likeness (QED) is 0.155. The van der Waals surface area contributed by atoms with Crippen molar-refractivity contribution in [1.29, 1.82) is 0 Å². The van der Waals surface area contributed by atoms with Gasteiger partial charge in [-0.05, 0) is 59.5 Å². The number of carbonyl (C=O) groups is 2. The summed E-state index contributed by atoms with van der Waals surface area (Å²) in [5.74, 6) is -0.215. The van der Waals surface area contributed by atoms with Gasteiger partial charge < -0.3 is 39.2 Å². The monoisotopic (exact) mass is 701 g/mol. The molecule has 2 heterocycles. The Morgan fingerprint density at radius 2 is 1.71 bits per heavy atom. The molecule has 4 aromatic rings. The van der Waals surface area contributed by atoms with Gasteiger partial charge in [0.1, 0.15) is 23.9 Å². The number of nitrogens with two attached hydrogens (primary N) is 1. The number of ether oxygens (including phenoxy) is 5. The summed E-state index contributed by atoms with van der Waals surface area (Å²) in [6.07, 6.45) is 0.361. The molecule has 2 aliphatic rings. The number of fused-ring (bicyclic) bond motifs is 1. The van der Waals surface area contributed by atoms with E-state index in [9.17, 15) is 18.4 Å². The molecular weight excluding hydrogens is 660 g/mol. The van der Waals surface area contributed by atoms with Crippen LogP contribution in [0.1, 0.15) is 35.4 Å². The molecule has 1 saturated heterocycles. The second kappa shape index (κ2) is 17.1. The fourth-order valence-corrected chi connectivity index (χ4v) is 6.19. The molecule has 2 atom stereocenters. The van der Waals surface area contributed by atoms with Gasteiger partial charge in [0.2, 0.25) is 0 Å². The molecule has 2 unspecified atom stereocenters. The normalized spacial score (nSPS) is 17.0. The third-order valence-corrected chi connectivity index (χ3v) is 8.82. The summed E-state index contributed by atoms with van der Waals surface area (Å²) in [6.45, 7) is 2.41. The van der Waals surface area contributed by atoms with Crippen LogP contribution >= 0.6 is 0 Å². The second-order valence-electron chi connectivity index (χ2n) is 12.3. The lowest BCUT2D eigenvalue weighted by Gasteiger charge is -2.38. The number of nitrogens with zero attached hydrogens (tertiary/aromatic N) is 2. The molecule has 12 heteroatoms. The molecule has 0 spiro atoms. The average Bonchev–Trinajstić information content (AvgIpc) is 3.16. The van der Waals surface area contributed by atoms with Gasteiger partial charge in [-0.3, -0.25) is 4.79 Å². The number of benzene rings is 4. The number of hydrogen-bond acceptors (Lipinski definition) is 8. The number of rotatable bonds is 14. The zero-order valence-corrected chi connectivity index (χ0v) is 28.2. The Bertz CT molecular complexity index is 1780. The van der Waals surface area contributed by atoms with Gasteiger partial charge in [-0.2, -0.15) is 0 Å². The molecule has 1 fully saturated rings. The van der Waals surface area contributed by atoms with E-state index < -0.39 is 17.7 Å². The van der Waals surface area contributed by atoms with Crippen molar-refractivity contribution in [3.05, 3.63) is 119 Å². The number of likely N-dealkylation sites (tertiary alicyclic amines) is 1. The Morgan fingerprint density at radius 3 is 2.51 bits per heavy atom. The largest absolute Gasteiger partial charge is 0.493 e. The first kappa shape index (κ1) is 35.6. The molecule has 0 radical (unpaired) electrons. The Kier molecular flexibility index (Phi) is 12.0. The van der Waals surface area contributed by atoms with Crippen molar-refractivity contribution in [2.45, 2.75) is 38.1 Å². The Labute approximate surface area is 295 Å². The molecule has 51 heavy (non-hydrogen) atoms. The average molecular weight is 702 g/mol. The van der Waals surface area contributed by atoms with Crippen LogP contribution < -0.4 is 24.8 Å². The van der Waals surface area contributed by atoms with E-state index in [-0.39, 0.29) is 50.1 Å². The predicted octanol–water partition coefficient (Wildman–Crippen LogP) is 6.21. The highest BCUT2D eigenvalue weighted by Gasteiger charge is 2.34. The Balaban J connectivity index is 1.09. The lowest BCUT2D eigenvalue weighted by Crippen LogP contribution is -2.47. The molecule has 0 bridgehead atoms. The molecule has 6 rings (SSSR count). The van der Waals surface area contributed by atoms with Gasteiger partial charge >= 0.3 is 6.09 Å². The molecule has 0 saturated carbocycles. The molecular formula is C39H41F2N3O7. The molecule has 2 amide bonds. The van der Waals surface area contributed by atoms with Gasteiger partial charge in [-0.15, -0.1) is 0 Å². The maximum Gasteiger partial charge on any atom is 0.410 e. The van der Waals surface area contributed by atoms with Crippen molar-refractivity contribution >= 4 is 17.7 Å². The fourth-order valence-electron chi connectivity index (χ4n) is 6.19. The van der Waals surface area contributed by atoms with Crippen molar-refractivity contribution in [3.8, 4) is 17.2 Å². The van der Waals surface area contributed by atoms with Crippen molar-refractivity contribution in [1.82, 2.24) is 4.90 Å². The third kappa shape index (κ3) is 9.33. The van der Waals surface area contributed by atoms with Crippen LogP contribution in [0.3, 0.4) is 0 Å². The summed E-state index contributed by atoms with van der Waals surface area (Å²) in [6, 6.07) is 26.0. The SMILES string of the molecule is NCCN1C(=O)COc2ccc(COC3CN(C(=O)OCc4ccccc4)CCC3c3ccc(OCCCOc4cc(F)ccc4F)cc3)cc21. The van der Waals surface area contributed by atoms with E-state index >= 15 is 0 Å². The summed E-state index contributed by atoms with van der Waals surface area (Å²) in [4.78, 5) is 29.0. The molecule has 0 aliphatic carbocycles. The zero-order valence-electron chi connectivity index (χ0n) is 28.2. The van der Waals surface area contributed by atoms with Crippen molar-refractivity contribution in [2.75, 3.05) is 50.9 Å². The number of piperidine rings is 1. The second-order valence-corrected chi connectivity index (χ2v) is 12.3. The van der Waals surface area contributed by atoms with Crippen LogP contribution in [0, 0.1) is 11.6 Å². The van der Waals surface area contributed by atoms with Gasteiger partial charge in [0, 0.05) is 38.0 Å². The van der Waals surface area contributed by atoms with E-state index in [1.807, 2.05) is 72.8 Å². The molecule has 2 aliphatic heterocycles. The summed E-state index contributed by atoms with van der Waals surface area (Å²) < 4.78 is 56.2. The van der Waals surface area contributed by atoms with E-state index in [4.69, 9.17) is 29.4 Å². The van der Waals surface area contributed by atoms with Gasteiger partial charge in [0.05, 0.1) is 38.2 Å². The van der Waals surface area contributed by atoms with Crippen molar-refractivity contribution in [3.63, 3.8) is 0 Å². The van der Waals surface area contributed by atoms with Crippen LogP contribution in [0.15, 0.2) is 91.0 Å². The van der Waals surface area contributed by atoms with E-state index in [1.165, 1.54) is 0 Å². The maximum absolute atomic E-state index is 13.8. The summed E-state index contributed by atoms with van der Waals surface area (Å²) >= 11 is 0. The highest BCUT2D eigenvalue weighted by molar-refractivity contribution is 5.97. The first-order valence-electron chi connectivity index (χ1n) is 17.0. The summed E-state index contributed by atoms with van der Waals surface area (Å²) in [5, 5.41) is 0. The summed E-state index contributed by atoms with van der Waals surface area (Å²) in [5.41, 5.74) is 9.22. The van der Waals surface area contributed by atoms with E-state index in [2.05, 4.69) is 0 Å². The van der Waals surface area contributed by atoms with E-state index in [0.29, 0.717) is 62.8 Å². The van der Waals surface area contributed by atoms with Crippen molar-refractivity contribution < 1.29 is 42.1 Å². The minimum absolute atomic E-state index is 0.0249. The predicted molar refractivity (Wildman–Crippen MR) is 186 cm³/mol. The van der Waals surface area contributed by atoms with Crippen LogP contribution in [0.2, 0.25) is 0 Å². The molecule has 0 aromatic heterocycles. The van der Waals surface area contributed by atoms with Gasteiger partial charge in [0.15, 0.2) is 18.2 Å². The first-order chi connectivity index (χ1) is 24.9. The topological polar surface area (TPSA) is 113 Å². The highest BCUT2D eigenvalue weighted by Crippen LogP contribution is 2.35. The van der Waals surface area contributed by atoms with Crippen molar-refractivity contribution in [2.24, 2.45) is 5.73 Å².